The van der Waals surface area contributed by atoms with Gasteiger partial charge in [-0.25, -0.2) is 0 Å². The Morgan fingerprint density at radius 2 is 1.90 bits per heavy atom. The molecule has 2 aromatic rings. The maximum absolute atomic E-state index is 10.2. The third-order valence-electron chi connectivity index (χ3n) is 3.16. The molecule has 0 radical (unpaired) electrons. The number of anilines is 1. The van der Waals surface area contributed by atoms with Crippen molar-refractivity contribution in [2.24, 2.45) is 0 Å². The molecule has 0 bridgehead atoms. The molecule has 0 fully saturated rings. The van der Waals surface area contributed by atoms with Crippen molar-refractivity contribution in [1.29, 1.82) is 0 Å². The van der Waals surface area contributed by atoms with E-state index in [1.807, 2.05) is 30.3 Å². The van der Waals surface area contributed by atoms with Gasteiger partial charge in [0.05, 0.1) is 26.0 Å². The number of aliphatic hydroxyl groups is 1. The molecule has 0 amide bonds. The Morgan fingerprint density at radius 1 is 1.14 bits per heavy atom. The lowest BCUT2D eigenvalue weighted by atomic mass is 10.1. The molecule has 0 aliphatic heterocycles. The van der Waals surface area contributed by atoms with Crippen LogP contribution in [0.25, 0.3) is 0 Å². The first-order valence-corrected chi connectivity index (χ1v) is 6.92. The molecule has 0 aromatic heterocycles. The van der Waals surface area contributed by atoms with Crippen molar-refractivity contribution in [1.82, 2.24) is 0 Å². The monoisotopic (exact) mass is 307 g/mol. The average molecular weight is 308 g/mol. The molecule has 21 heavy (non-hydrogen) atoms. The van der Waals surface area contributed by atoms with Gasteiger partial charge in [-0.15, -0.1) is 0 Å². The summed E-state index contributed by atoms with van der Waals surface area (Å²) < 4.78 is 10.5. The van der Waals surface area contributed by atoms with E-state index < -0.39 is 6.10 Å². The zero-order valence-corrected chi connectivity index (χ0v) is 12.7. The van der Waals surface area contributed by atoms with Gasteiger partial charge in [-0.05, 0) is 18.2 Å². The maximum atomic E-state index is 10.2. The van der Waals surface area contributed by atoms with Crippen molar-refractivity contribution in [2.45, 2.75) is 6.10 Å². The summed E-state index contributed by atoms with van der Waals surface area (Å²) in [6.07, 6.45) is -0.713. The fourth-order valence-corrected chi connectivity index (χ4v) is 2.28. The first-order valence-electron chi connectivity index (χ1n) is 6.54. The number of benzene rings is 2. The Bertz CT molecular complexity index is 604. The highest BCUT2D eigenvalue weighted by molar-refractivity contribution is 6.31. The van der Waals surface area contributed by atoms with E-state index in [0.29, 0.717) is 28.6 Å². The van der Waals surface area contributed by atoms with Crippen LogP contribution in [0.1, 0.15) is 11.7 Å². The standard InChI is InChI=1S/C16H18ClNO3/c1-20-11-7-8-16(21-2)14(9-11)18-10-15(19)12-5-3-4-6-13(12)17/h3-9,15,18-19H,10H2,1-2H3. The topological polar surface area (TPSA) is 50.7 Å². The number of aliphatic hydroxyl groups excluding tert-OH is 1. The predicted octanol–water partition coefficient (Wildman–Crippen LogP) is 3.50. The van der Waals surface area contributed by atoms with Gasteiger partial charge in [0.15, 0.2) is 0 Å². The van der Waals surface area contributed by atoms with Gasteiger partial charge >= 0.3 is 0 Å². The van der Waals surface area contributed by atoms with Gasteiger partial charge in [0.1, 0.15) is 11.5 Å². The number of hydrogen-bond donors (Lipinski definition) is 2. The van der Waals surface area contributed by atoms with Crippen LogP contribution in [0.4, 0.5) is 5.69 Å². The van der Waals surface area contributed by atoms with Crippen molar-refractivity contribution in [3.05, 3.63) is 53.1 Å². The number of ether oxygens (including phenoxy) is 2. The summed E-state index contributed by atoms with van der Waals surface area (Å²) in [5.74, 6) is 1.40. The van der Waals surface area contributed by atoms with Crippen LogP contribution in [0, 0.1) is 0 Å². The predicted molar refractivity (Wildman–Crippen MR) is 84.4 cm³/mol. The molecular formula is C16H18ClNO3. The van der Waals surface area contributed by atoms with Gasteiger partial charge in [-0.2, -0.15) is 0 Å². The van der Waals surface area contributed by atoms with Crippen LogP contribution < -0.4 is 14.8 Å². The molecule has 0 spiro atoms. The van der Waals surface area contributed by atoms with Crippen LogP contribution in [-0.2, 0) is 0 Å². The van der Waals surface area contributed by atoms with Crippen LogP contribution >= 0.6 is 11.6 Å². The lowest BCUT2D eigenvalue weighted by Crippen LogP contribution is -2.13. The van der Waals surface area contributed by atoms with E-state index >= 15 is 0 Å². The van der Waals surface area contributed by atoms with E-state index in [0.717, 1.165) is 5.69 Å². The Morgan fingerprint density at radius 3 is 2.57 bits per heavy atom. The molecule has 5 heteroatoms. The molecule has 0 saturated carbocycles. The van der Waals surface area contributed by atoms with E-state index in [4.69, 9.17) is 21.1 Å². The van der Waals surface area contributed by atoms with E-state index in [1.54, 1.807) is 26.4 Å². The zero-order chi connectivity index (χ0) is 15.2. The first kappa shape index (κ1) is 15.5. The summed E-state index contributed by atoms with van der Waals surface area (Å²) >= 11 is 6.07. The van der Waals surface area contributed by atoms with Crippen molar-refractivity contribution < 1.29 is 14.6 Å². The van der Waals surface area contributed by atoms with Crippen molar-refractivity contribution in [3.63, 3.8) is 0 Å². The minimum absolute atomic E-state index is 0.313. The third kappa shape index (κ3) is 3.80. The molecule has 0 aliphatic carbocycles. The summed E-state index contributed by atoms with van der Waals surface area (Å²) in [5, 5.41) is 13.9. The lowest BCUT2D eigenvalue weighted by Gasteiger charge is -2.16. The molecule has 0 saturated heterocycles. The Kier molecular flexibility index (Phi) is 5.31. The summed E-state index contributed by atoms with van der Waals surface area (Å²) in [7, 11) is 3.20. The van der Waals surface area contributed by atoms with E-state index in [9.17, 15) is 5.11 Å². The molecule has 112 valence electrons. The molecule has 4 nitrogen and oxygen atoms in total. The molecule has 1 atom stereocenters. The lowest BCUT2D eigenvalue weighted by molar-refractivity contribution is 0.191. The summed E-state index contributed by atoms with van der Waals surface area (Å²) in [6.45, 7) is 0.313. The highest BCUT2D eigenvalue weighted by Gasteiger charge is 2.12. The molecule has 2 aromatic carbocycles. The number of halogens is 1. The Labute approximate surface area is 129 Å². The normalized spacial score (nSPS) is 11.8. The Balaban J connectivity index is 2.10. The minimum Gasteiger partial charge on any atom is -0.497 e. The fourth-order valence-electron chi connectivity index (χ4n) is 2.01. The van der Waals surface area contributed by atoms with Crippen LogP contribution in [0.3, 0.4) is 0 Å². The number of rotatable bonds is 6. The van der Waals surface area contributed by atoms with Crippen molar-refractivity contribution >= 4 is 17.3 Å². The third-order valence-corrected chi connectivity index (χ3v) is 3.50. The summed E-state index contributed by atoms with van der Waals surface area (Å²) in [5.41, 5.74) is 1.44. The highest BCUT2D eigenvalue weighted by Crippen LogP contribution is 2.30. The van der Waals surface area contributed by atoms with Gasteiger partial charge in [-0.1, -0.05) is 29.8 Å². The molecule has 2 N–H and O–H groups in total. The average Bonchev–Trinajstić information content (AvgIpc) is 2.52. The van der Waals surface area contributed by atoms with Crippen molar-refractivity contribution in [2.75, 3.05) is 26.1 Å². The van der Waals surface area contributed by atoms with E-state index in [2.05, 4.69) is 5.32 Å². The summed E-state index contributed by atoms with van der Waals surface area (Å²) in [6, 6.07) is 12.7. The van der Waals surface area contributed by atoms with Crippen molar-refractivity contribution in [3.8, 4) is 11.5 Å². The number of methoxy groups -OCH3 is 2. The molecule has 2 rings (SSSR count). The van der Waals surface area contributed by atoms with Gasteiger partial charge in [0.25, 0.3) is 0 Å². The van der Waals surface area contributed by atoms with Crippen LogP contribution in [0.5, 0.6) is 11.5 Å². The van der Waals surface area contributed by atoms with Gasteiger partial charge < -0.3 is 19.9 Å². The van der Waals surface area contributed by atoms with Crippen LogP contribution in [-0.4, -0.2) is 25.9 Å². The smallest absolute Gasteiger partial charge is 0.142 e. The number of nitrogens with one attached hydrogen (secondary N) is 1. The van der Waals surface area contributed by atoms with Gasteiger partial charge in [-0.3, -0.25) is 0 Å². The van der Waals surface area contributed by atoms with E-state index in [1.165, 1.54) is 0 Å². The quantitative estimate of drug-likeness (QED) is 0.857. The largest absolute Gasteiger partial charge is 0.497 e. The van der Waals surface area contributed by atoms with Gasteiger partial charge in [0, 0.05) is 23.2 Å². The maximum Gasteiger partial charge on any atom is 0.142 e. The van der Waals surface area contributed by atoms with Crippen LogP contribution in [0.2, 0.25) is 5.02 Å². The minimum atomic E-state index is -0.713. The van der Waals surface area contributed by atoms with Crippen LogP contribution in [0.15, 0.2) is 42.5 Å². The molecule has 0 aliphatic rings. The SMILES string of the molecule is COc1ccc(OC)c(NCC(O)c2ccccc2Cl)c1. The second kappa shape index (κ2) is 7.20. The van der Waals surface area contributed by atoms with Gasteiger partial charge in [0.2, 0.25) is 0 Å². The number of hydrogen-bond acceptors (Lipinski definition) is 4. The second-order valence-electron chi connectivity index (χ2n) is 4.48. The second-order valence-corrected chi connectivity index (χ2v) is 4.89. The summed E-state index contributed by atoms with van der Waals surface area (Å²) in [4.78, 5) is 0. The zero-order valence-electron chi connectivity index (χ0n) is 12.0. The highest BCUT2D eigenvalue weighted by atomic mass is 35.5. The fraction of sp³-hybridized carbons (Fsp3) is 0.250. The molecule has 0 heterocycles. The van der Waals surface area contributed by atoms with E-state index in [-0.39, 0.29) is 0 Å². The molecular weight excluding hydrogens is 290 g/mol. The molecule has 1 unspecified atom stereocenters. The Hall–Kier alpha value is -1.91. The first-order chi connectivity index (χ1) is 10.2.